The highest BCUT2D eigenvalue weighted by Crippen LogP contribution is 2.24. The van der Waals surface area contributed by atoms with Crippen molar-refractivity contribution in [3.8, 4) is 0 Å². The van der Waals surface area contributed by atoms with E-state index in [0.717, 1.165) is 12.5 Å². The van der Waals surface area contributed by atoms with Crippen LogP contribution in [0.4, 0.5) is 0 Å². The number of rotatable bonds is 11. The minimum absolute atomic E-state index is 0.287. The third-order valence-corrected chi connectivity index (χ3v) is 11.0. The topological polar surface area (TPSA) is 35.5 Å². The van der Waals surface area contributed by atoms with Gasteiger partial charge < -0.3 is 8.85 Å². The molecule has 3 nitrogen and oxygen atoms in total. The van der Waals surface area contributed by atoms with E-state index in [1.807, 2.05) is 0 Å². The van der Waals surface area contributed by atoms with Crippen molar-refractivity contribution in [3.05, 3.63) is 12.2 Å². The summed E-state index contributed by atoms with van der Waals surface area (Å²) in [6.07, 6.45) is 4.74. The summed E-state index contributed by atoms with van der Waals surface area (Å²) < 4.78 is 11.7. The van der Waals surface area contributed by atoms with E-state index in [9.17, 15) is 4.79 Å². The van der Waals surface area contributed by atoms with Gasteiger partial charge in [0, 0.05) is 5.57 Å². The van der Waals surface area contributed by atoms with Gasteiger partial charge in [0.1, 0.15) is 0 Å². The average molecular weight is 331 g/mol. The molecule has 124 valence electrons. The summed E-state index contributed by atoms with van der Waals surface area (Å²) >= 11 is 0. The number of unbranched alkanes of at least 4 members (excludes halogenated alkanes) is 2. The molecule has 5 heteroatoms. The van der Waals surface area contributed by atoms with Crippen molar-refractivity contribution in [1.82, 2.24) is 0 Å². The fourth-order valence-corrected chi connectivity index (χ4v) is 11.3. The lowest BCUT2D eigenvalue weighted by Gasteiger charge is -2.34. The van der Waals surface area contributed by atoms with Gasteiger partial charge in [0.25, 0.3) is 0 Å². The summed E-state index contributed by atoms with van der Waals surface area (Å²) in [6.45, 7) is 17.2. The Labute approximate surface area is 133 Å². The van der Waals surface area contributed by atoms with Gasteiger partial charge in [0.15, 0.2) is 16.6 Å². The maximum absolute atomic E-state index is 11.3. The van der Waals surface area contributed by atoms with E-state index >= 15 is 0 Å². The van der Waals surface area contributed by atoms with Gasteiger partial charge in [-0.3, -0.25) is 0 Å². The first-order valence-corrected chi connectivity index (χ1v) is 14.4. The van der Waals surface area contributed by atoms with E-state index in [2.05, 4.69) is 39.7 Å². The summed E-state index contributed by atoms with van der Waals surface area (Å²) in [7, 11) is -3.19. The van der Waals surface area contributed by atoms with Gasteiger partial charge >= 0.3 is 5.97 Å². The van der Waals surface area contributed by atoms with Crippen LogP contribution in [0.15, 0.2) is 12.2 Å². The molecule has 0 rings (SSSR count). The van der Waals surface area contributed by atoms with Gasteiger partial charge in [-0.15, -0.1) is 0 Å². The zero-order valence-corrected chi connectivity index (χ0v) is 16.9. The Hall–Kier alpha value is -0.396. The number of esters is 1. The normalized spacial score (nSPS) is 12.3. The molecule has 0 aromatic rings. The first kappa shape index (κ1) is 20.6. The predicted molar refractivity (Wildman–Crippen MR) is 95.6 cm³/mol. The fourth-order valence-electron chi connectivity index (χ4n) is 2.44. The summed E-state index contributed by atoms with van der Waals surface area (Å²) in [6, 6.07) is 2.29. The lowest BCUT2D eigenvalue weighted by Crippen LogP contribution is -2.44. The van der Waals surface area contributed by atoms with Crippen LogP contribution in [0.3, 0.4) is 0 Å². The quantitative estimate of drug-likeness (QED) is 0.228. The van der Waals surface area contributed by atoms with Crippen molar-refractivity contribution < 1.29 is 13.6 Å². The average Bonchev–Trinajstić information content (AvgIpc) is 2.33. The van der Waals surface area contributed by atoms with Gasteiger partial charge in [-0.05, 0) is 51.6 Å². The van der Waals surface area contributed by atoms with Gasteiger partial charge in [0.2, 0.25) is 0 Å². The molecule has 0 fully saturated rings. The Kier molecular flexibility index (Phi) is 9.41. The molecule has 0 bridgehead atoms. The highest BCUT2D eigenvalue weighted by molar-refractivity contribution is 6.84. The van der Waals surface area contributed by atoms with Crippen molar-refractivity contribution in [2.45, 2.75) is 77.8 Å². The van der Waals surface area contributed by atoms with E-state index < -0.39 is 16.6 Å². The standard InChI is InChI=1S/C16H34O3Si2/c1-8-9-10-13-20(4,5)19-21(6,7)14-11-12-18-16(17)15(2)3/h2,8-14H2,1,3-7H3. The molecule has 0 saturated carbocycles. The first-order valence-electron chi connectivity index (χ1n) is 8.12. The largest absolute Gasteiger partial charge is 0.462 e. The Morgan fingerprint density at radius 2 is 1.52 bits per heavy atom. The molecular formula is C16H34O3Si2. The van der Waals surface area contributed by atoms with E-state index in [1.54, 1.807) is 6.92 Å². The maximum Gasteiger partial charge on any atom is 0.333 e. The summed E-state index contributed by atoms with van der Waals surface area (Å²) in [5.41, 5.74) is 0.465. The number of carbonyl (C=O) groups excluding carboxylic acids is 1. The molecule has 0 saturated heterocycles. The van der Waals surface area contributed by atoms with Crippen molar-refractivity contribution >= 4 is 22.6 Å². The molecular weight excluding hydrogens is 296 g/mol. The SMILES string of the molecule is C=C(C)C(=O)OCCC[Si](C)(C)O[Si](C)(C)CCCCC. The van der Waals surface area contributed by atoms with Gasteiger partial charge in [0.05, 0.1) is 6.61 Å². The van der Waals surface area contributed by atoms with Gasteiger partial charge in [-0.1, -0.05) is 32.8 Å². The van der Waals surface area contributed by atoms with E-state index in [1.165, 1.54) is 25.3 Å². The molecule has 21 heavy (non-hydrogen) atoms. The van der Waals surface area contributed by atoms with Crippen LogP contribution in [0.5, 0.6) is 0 Å². The predicted octanol–water partition coefficient (Wildman–Crippen LogP) is 5.11. The fraction of sp³-hybridized carbons (Fsp3) is 0.812. The van der Waals surface area contributed by atoms with E-state index in [0.29, 0.717) is 12.2 Å². The minimum atomic E-state index is -1.65. The van der Waals surface area contributed by atoms with Crippen molar-refractivity contribution in [1.29, 1.82) is 0 Å². The molecule has 0 amide bonds. The summed E-state index contributed by atoms with van der Waals surface area (Å²) in [5.74, 6) is -0.287. The molecule has 0 aliphatic rings. The van der Waals surface area contributed by atoms with Crippen LogP contribution >= 0.6 is 0 Å². The van der Waals surface area contributed by atoms with Crippen LogP contribution < -0.4 is 0 Å². The highest BCUT2D eigenvalue weighted by Gasteiger charge is 2.32. The molecule has 0 aliphatic carbocycles. The third kappa shape index (κ3) is 10.9. The zero-order chi connectivity index (χ0) is 16.5. The van der Waals surface area contributed by atoms with E-state index in [4.69, 9.17) is 8.85 Å². The van der Waals surface area contributed by atoms with Gasteiger partial charge in [-0.25, -0.2) is 4.79 Å². The zero-order valence-electron chi connectivity index (χ0n) is 14.9. The second-order valence-corrected chi connectivity index (χ2v) is 16.0. The molecule has 0 atom stereocenters. The van der Waals surface area contributed by atoms with Crippen LogP contribution in [0.1, 0.15) is 39.5 Å². The Bertz CT molecular complexity index is 338. The van der Waals surface area contributed by atoms with Crippen molar-refractivity contribution in [2.24, 2.45) is 0 Å². The molecule has 0 N–H and O–H groups in total. The molecule has 0 radical (unpaired) electrons. The highest BCUT2D eigenvalue weighted by atomic mass is 28.4. The maximum atomic E-state index is 11.3. The second-order valence-electron chi connectivity index (χ2n) is 7.10. The van der Waals surface area contributed by atoms with Crippen molar-refractivity contribution in [2.75, 3.05) is 6.61 Å². The molecule has 0 unspecified atom stereocenters. The van der Waals surface area contributed by atoms with Crippen LogP contribution in [0.25, 0.3) is 0 Å². The summed E-state index contributed by atoms with van der Waals surface area (Å²) in [4.78, 5) is 11.3. The number of hydrogen-bond acceptors (Lipinski definition) is 3. The third-order valence-electron chi connectivity index (χ3n) is 3.44. The monoisotopic (exact) mass is 330 g/mol. The lowest BCUT2D eigenvalue weighted by atomic mass is 10.3. The van der Waals surface area contributed by atoms with Crippen LogP contribution in [0.2, 0.25) is 38.3 Å². The van der Waals surface area contributed by atoms with Crippen LogP contribution in [-0.2, 0) is 13.6 Å². The minimum Gasteiger partial charge on any atom is -0.462 e. The Balaban J connectivity index is 4.06. The lowest BCUT2D eigenvalue weighted by molar-refractivity contribution is -0.138. The number of ether oxygens (including phenoxy) is 1. The second kappa shape index (κ2) is 9.59. The number of carbonyl (C=O) groups is 1. The molecule has 0 aromatic heterocycles. The van der Waals surface area contributed by atoms with Gasteiger partial charge in [-0.2, -0.15) is 0 Å². The van der Waals surface area contributed by atoms with Crippen LogP contribution in [0, 0.1) is 0 Å². The molecule has 0 aliphatic heterocycles. The Morgan fingerprint density at radius 3 is 2.00 bits per heavy atom. The molecule has 0 heterocycles. The van der Waals surface area contributed by atoms with E-state index in [-0.39, 0.29) is 5.97 Å². The van der Waals surface area contributed by atoms with Crippen LogP contribution in [-0.4, -0.2) is 29.2 Å². The number of hydrogen-bond donors (Lipinski definition) is 0. The first-order chi connectivity index (χ1) is 9.59. The summed E-state index contributed by atoms with van der Waals surface area (Å²) in [5, 5.41) is 0. The smallest absolute Gasteiger partial charge is 0.333 e. The van der Waals surface area contributed by atoms with Crippen molar-refractivity contribution in [3.63, 3.8) is 0 Å². The molecule has 0 spiro atoms. The Morgan fingerprint density at radius 1 is 1.00 bits per heavy atom. The molecule has 0 aromatic carbocycles.